The number of aromatic amines is 1. The molecule has 0 atom stereocenters. The van der Waals surface area contributed by atoms with Crippen molar-refractivity contribution in [1.29, 1.82) is 0 Å². The Bertz CT molecular complexity index is 752. The summed E-state index contributed by atoms with van der Waals surface area (Å²) in [5, 5.41) is 9.33. The van der Waals surface area contributed by atoms with Crippen LogP contribution in [0.15, 0.2) is 29.1 Å². The lowest BCUT2D eigenvalue weighted by Crippen LogP contribution is -2.31. The fraction of sp³-hybridized carbons (Fsp3) is 0.333. The molecule has 0 aliphatic heterocycles. The van der Waals surface area contributed by atoms with Crippen molar-refractivity contribution in [3.63, 3.8) is 0 Å². The molecule has 1 heterocycles. The number of amides is 1. The van der Waals surface area contributed by atoms with Gasteiger partial charge in [-0.05, 0) is 12.0 Å². The maximum absolute atomic E-state index is 12.0. The standard InChI is InChI=1S/C15H17N3O4/c1-9(2)7-16-12(19)8-22-15(21)13-10-5-3-4-6-11(10)14(20)18-17-13/h3-6,9H,7-8H2,1-2H3,(H,16,19)(H,18,20). The number of ether oxygens (including phenoxy) is 1. The number of hydrogen-bond acceptors (Lipinski definition) is 5. The molecule has 1 amide bonds. The Morgan fingerprint density at radius 1 is 1.27 bits per heavy atom. The van der Waals surface area contributed by atoms with Crippen LogP contribution in [0, 0.1) is 5.92 Å². The van der Waals surface area contributed by atoms with Gasteiger partial charge in [0, 0.05) is 11.9 Å². The lowest BCUT2D eigenvalue weighted by molar-refractivity contribution is -0.124. The first-order chi connectivity index (χ1) is 10.5. The first-order valence-corrected chi connectivity index (χ1v) is 6.90. The second-order valence-electron chi connectivity index (χ2n) is 5.22. The van der Waals surface area contributed by atoms with E-state index in [1.165, 1.54) is 0 Å². The highest BCUT2D eigenvalue weighted by Gasteiger charge is 2.16. The number of carbonyl (C=O) groups excluding carboxylic acids is 2. The van der Waals surface area contributed by atoms with Crippen LogP contribution in [0.3, 0.4) is 0 Å². The van der Waals surface area contributed by atoms with Gasteiger partial charge >= 0.3 is 5.97 Å². The molecule has 22 heavy (non-hydrogen) atoms. The number of nitrogens with zero attached hydrogens (tertiary/aromatic N) is 1. The van der Waals surface area contributed by atoms with Gasteiger partial charge < -0.3 is 10.1 Å². The van der Waals surface area contributed by atoms with Crippen molar-refractivity contribution in [3.8, 4) is 0 Å². The van der Waals surface area contributed by atoms with Crippen LogP contribution < -0.4 is 10.9 Å². The van der Waals surface area contributed by atoms with E-state index < -0.39 is 5.97 Å². The molecule has 0 saturated carbocycles. The van der Waals surface area contributed by atoms with E-state index in [4.69, 9.17) is 4.74 Å². The van der Waals surface area contributed by atoms with Crippen LogP contribution >= 0.6 is 0 Å². The third-order valence-corrected chi connectivity index (χ3v) is 2.93. The maximum atomic E-state index is 12.0. The van der Waals surface area contributed by atoms with E-state index in [1.54, 1.807) is 24.3 Å². The third-order valence-electron chi connectivity index (χ3n) is 2.93. The van der Waals surface area contributed by atoms with Gasteiger partial charge in [0.25, 0.3) is 11.5 Å². The van der Waals surface area contributed by atoms with Crippen molar-refractivity contribution in [2.45, 2.75) is 13.8 Å². The van der Waals surface area contributed by atoms with Crippen LogP contribution in [0.5, 0.6) is 0 Å². The minimum absolute atomic E-state index is 0.0214. The Labute approximate surface area is 126 Å². The van der Waals surface area contributed by atoms with Gasteiger partial charge in [-0.1, -0.05) is 32.0 Å². The summed E-state index contributed by atoms with van der Waals surface area (Å²) in [4.78, 5) is 35.2. The second-order valence-corrected chi connectivity index (χ2v) is 5.22. The minimum atomic E-state index is -0.757. The van der Waals surface area contributed by atoms with Gasteiger partial charge in [0.05, 0.1) is 5.39 Å². The van der Waals surface area contributed by atoms with Crippen LogP contribution in [0.1, 0.15) is 24.3 Å². The zero-order valence-electron chi connectivity index (χ0n) is 12.4. The lowest BCUT2D eigenvalue weighted by atomic mass is 10.1. The van der Waals surface area contributed by atoms with Crippen molar-refractivity contribution >= 4 is 22.6 Å². The summed E-state index contributed by atoms with van der Waals surface area (Å²) in [6.07, 6.45) is 0. The average molecular weight is 303 g/mol. The zero-order chi connectivity index (χ0) is 16.1. The van der Waals surface area contributed by atoms with Gasteiger partial charge in [-0.25, -0.2) is 9.89 Å². The van der Waals surface area contributed by atoms with Crippen molar-refractivity contribution in [2.75, 3.05) is 13.2 Å². The minimum Gasteiger partial charge on any atom is -0.451 e. The van der Waals surface area contributed by atoms with Crippen molar-refractivity contribution < 1.29 is 14.3 Å². The van der Waals surface area contributed by atoms with E-state index >= 15 is 0 Å². The molecule has 0 fully saturated rings. The highest BCUT2D eigenvalue weighted by atomic mass is 16.5. The lowest BCUT2D eigenvalue weighted by Gasteiger charge is -2.08. The molecule has 0 bridgehead atoms. The molecule has 0 radical (unpaired) electrons. The zero-order valence-corrected chi connectivity index (χ0v) is 12.4. The molecule has 0 aliphatic carbocycles. The van der Waals surface area contributed by atoms with E-state index in [0.29, 0.717) is 23.2 Å². The molecule has 0 saturated heterocycles. The molecule has 0 aliphatic rings. The summed E-state index contributed by atoms with van der Waals surface area (Å²) in [6.45, 7) is 4.04. The molecule has 2 aromatic rings. The molecule has 7 nitrogen and oxygen atoms in total. The Kier molecular flexibility index (Phi) is 4.88. The fourth-order valence-electron chi connectivity index (χ4n) is 1.84. The molecule has 2 N–H and O–H groups in total. The molecule has 0 spiro atoms. The van der Waals surface area contributed by atoms with Crippen molar-refractivity contribution in [1.82, 2.24) is 15.5 Å². The van der Waals surface area contributed by atoms with Crippen LogP contribution in [-0.2, 0) is 9.53 Å². The summed E-state index contributed by atoms with van der Waals surface area (Å²) in [5.74, 6) is -0.826. The summed E-state index contributed by atoms with van der Waals surface area (Å²) >= 11 is 0. The normalized spacial score (nSPS) is 10.7. The first-order valence-electron chi connectivity index (χ1n) is 6.90. The highest BCUT2D eigenvalue weighted by Crippen LogP contribution is 2.13. The highest BCUT2D eigenvalue weighted by molar-refractivity contribution is 6.02. The molecule has 1 aromatic heterocycles. The van der Waals surface area contributed by atoms with Gasteiger partial charge in [-0.2, -0.15) is 5.10 Å². The number of H-pyrrole nitrogens is 1. The first kappa shape index (κ1) is 15.7. The number of esters is 1. The molecule has 2 rings (SSSR count). The fourth-order valence-corrected chi connectivity index (χ4v) is 1.84. The predicted molar refractivity (Wildman–Crippen MR) is 80.5 cm³/mol. The van der Waals surface area contributed by atoms with Crippen LogP contribution in [0.25, 0.3) is 10.8 Å². The topological polar surface area (TPSA) is 101 Å². The number of nitrogens with one attached hydrogen (secondary N) is 2. The molecular weight excluding hydrogens is 286 g/mol. The number of fused-ring (bicyclic) bond motifs is 1. The Hall–Kier alpha value is -2.70. The number of rotatable bonds is 5. The maximum Gasteiger partial charge on any atom is 0.359 e. The summed E-state index contributed by atoms with van der Waals surface area (Å²) in [5.41, 5.74) is -0.409. The number of benzene rings is 1. The van der Waals surface area contributed by atoms with E-state index in [1.807, 2.05) is 13.8 Å². The van der Waals surface area contributed by atoms with Crippen molar-refractivity contribution in [3.05, 3.63) is 40.3 Å². The van der Waals surface area contributed by atoms with Crippen LogP contribution in [0.4, 0.5) is 0 Å². The number of aromatic nitrogens is 2. The molecule has 7 heteroatoms. The molecule has 1 aromatic carbocycles. The van der Waals surface area contributed by atoms with E-state index in [0.717, 1.165) is 0 Å². The summed E-state index contributed by atoms with van der Waals surface area (Å²) in [7, 11) is 0. The third kappa shape index (κ3) is 3.69. The monoisotopic (exact) mass is 303 g/mol. The quantitative estimate of drug-likeness (QED) is 0.797. The predicted octanol–water partition coefficient (Wildman–Crippen LogP) is 0.852. The second kappa shape index (κ2) is 6.84. The SMILES string of the molecule is CC(C)CNC(=O)COC(=O)c1n[nH]c(=O)c2ccccc12. The van der Waals surface area contributed by atoms with Gasteiger partial charge in [0.2, 0.25) is 0 Å². The van der Waals surface area contributed by atoms with Crippen molar-refractivity contribution in [2.24, 2.45) is 5.92 Å². The van der Waals surface area contributed by atoms with E-state index in [2.05, 4.69) is 15.5 Å². The Morgan fingerprint density at radius 2 is 1.95 bits per heavy atom. The van der Waals surface area contributed by atoms with E-state index in [9.17, 15) is 14.4 Å². The Balaban J connectivity index is 2.09. The van der Waals surface area contributed by atoms with Gasteiger partial charge in [0.1, 0.15) is 0 Å². The van der Waals surface area contributed by atoms with Gasteiger partial charge in [0.15, 0.2) is 12.3 Å². The summed E-state index contributed by atoms with van der Waals surface area (Å²) in [6, 6.07) is 6.57. The summed E-state index contributed by atoms with van der Waals surface area (Å²) < 4.78 is 4.93. The number of hydrogen-bond donors (Lipinski definition) is 2. The Morgan fingerprint density at radius 3 is 2.64 bits per heavy atom. The number of carbonyl (C=O) groups is 2. The van der Waals surface area contributed by atoms with E-state index in [-0.39, 0.29) is 23.8 Å². The van der Waals surface area contributed by atoms with Crippen LogP contribution in [-0.4, -0.2) is 35.2 Å². The molecule has 116 valence electrons. The smallest absolute Gasteiger partial charge is 0.359 e. The molecular formula is C15H17N3O4. The van der Waals surface area contributed by atoms with Gasteiger partial charge in [-0.15, -0.1) is 0 Å². The molecule has 0 unspecified atom stereocenters. The van der Waals surface area contributed by atoms with Gasteiger partial charge in [-0.3, -0.25) is 9.59 Å². The average Bonchev–Trinajstić information content (AvgIpc) is 2.51. The largest absolute Gasteiger partial charge is 0.451 e. The van der Waals surface area contributed by atoms with Crippen LogP contribution in [0.2, 0.25) is 0 Å².